The van der Waals surface area contributed by atoms with Crippen LogP contribution in [0.15, 0.2) is 72.9 Å². The second kappa shape index (κ2) is 9.05. The van der Waals surface area contributed by atoms with Crippen LogP contribution in [-0.2, 0) is 7.05 Å². The van der Waals surface area contributed by atoms with E-state index in [0.717, 1.165) is 17.1 Å². The van der Waals surface area contributed by atoms with Crippen LogP contribution in [-0.4, -0.2) is 58.4 Å². The van der Waals surface area contributed by atoms with Crippen LogP contribution >= 0.6 is 0 Å². The lowest BCUT2D eigenvalue weighted by molar-refractivity contribution is 0.0737. The third-order valence-electron chi connectivity index (χ3n) is 6.20. The second-order valence-electron chi connectivity index (χ2n) is 8.26. The maximum atomic E-state index is 13.6. The lowest BCUT2D eigenvalue weighted by Gasteiger charge is -2.36. The molecule has 4 aromatic rings. The molecule has 0 atom stereocenters. The van der Waals surface area contributed by atoms with Gasteiger partial charge in [0.15, 0.2) is 0 Å². The monoisotopic (exact) mass is 459 g/mol. The van der Waals surface area contributed by atoms with Crippen molar-refractivity contribution in [3.05, 3.63) is 84.4 Å². The number of hydrogen-bond donors (Lipinski definition) is 0. The van der Waals surface area contributed by atoms with E-state index in [9.17, 15) is 9.18 Å². The average molecular weight is 460 g/mol. The van der Waals surface area contributed by atoms with Gasteiger partial charge in [-0.1, -0.05) is 12.1 Å². The van der Waals surface area contributed by atoms with Crippen molar-refractivity contribution in [2.24, 2.45) is 7.05 Å². The first-order valence-electron chi connectivity index (χ1n) is 11.2. The molecular formula is C26H26FN5O2. The Balaban J connectivity index is 1.43. The van der Waals surface area contributed by atoms with Gasteiger partial charge in [-0.25, -0.2) is 9.07 Å². The molecule has 1 aliphatic heterocycles. The number of anilines is 1. The summed E-state index contributed by atoms with van der Waals surface area (Å²) in [6, 6.07) is 19.6. The van der Waals surface area contributed by atoms with Gasteiger partial charge in [-0.3, -0.25) is 4.79 Å². The predicted molar refractivity (Wildman–Crippen MR) is 129 cm³/mol. The summed E-state index contributed by atoms with van der Waals surface area (Å²) in [6.07, 6.45) is 1.94. The Morgan fingerprint density at radius 2 is 1.71 bits per heavy atom. The minimum absolute atomic E-state index is 0.100. The lowest BCUT2D eigenvalue weighted by Crippen LogP contribution is -2.49. The van der Waals surface area contributed by atoms with Gasteiger partial charge in [-0.15, -0.1) is 0 Å². The zero-order chi connectivity index (χ0) is 23.7. The number of aryl methyl sites for hydroxylation is 1. The van der Waals surface area contributed by atoms with Crippen molar-refractivity contribution in [1.82, 2.24) is 19.2 Å². The third kappa shape index (κ3) is 4.03. The largest absolute Gasteiger partial charge is 0.495 e. The molecular weight excluding hydrogens is 433 g/mol. The van der Waals surface area contributed by atoms with E-state index in [1.807, 2.05) is 65.2 Å². The summed E-state index contributed by atoms with van der Waals surface area (Å²) < 4.78 is 22.6. The fourth-order valence-electron chi connectivity index (χ4n) is 4.37. The van der Waals surface area contributed by atoms with Gasteiger partial charge in [0.25, 0.3) is 5.91 Å². The van der Waals surface area contributed by atoms with Crippen LogP contribution < -0.4 is 9.64 Å². The van der Waals surface area contributed by atoms with Gasteiger partial charge in [-0.2, -0.15) is 5.10 Å². The number of amides is 1. The fourth-order valence-corrected chi connectivity index (χ4v) is 4.37. The first-order valence-corrected chi connectivity index (χ1v) is 11.2. The molecule has 2 aromatic carbocycles. The van der Waals surface area contributed by atoms with Crippen molar-refractivity contribution in [2.75, 3.05) is 38.2 Å². The van der Waals surface area contributed by atoms with E-state index in [1.165, 1.54) is 12.1 Å². The molecule has 1 fully saturated rings. The number of methoxy groups -OCH3 is 1. The fraction of sp³-hybridized carbons (Fsp3) is 0.231. The number of hydrogen-bond acceptors (Lipinski definition) is 4. The van der Waals surface area contributed by atoms with Crippen LogP contribution in [0.2, 0.25) is 0 Å². The third-order valence-corrected chi connectivity index (χ3v) is 6.20. The summed E-state index contributed by atoms with van der Waals surface area (Å²) in [6.45, 7) is 2.54. The number of aromatic nitrogens is 3. The molecule has 2 aromatic heterocycles. The van der Waals surface area contributed by atoms with Gasteiger partial charge in [0.1, 0.15) is 23.0 Å². The molecule has 0 radical (unpaired) electrons. The first kappa shape index (κ1) is 21.8. The molecule has 3 heterocycles. The number of nitrogens with zero attached hydrogens (tertiary/aromatic N) is 5. The average Bonchev–Trinajstić information content (AvgIpc) is 3.50. The maximum Gasteiger partial charge on any atom is 0.272 e. The van der Waals surface area contributed by atoms with Gasteiger partial charge < -0.3 is 19.1 Å². The summed E-state index contributed by atoms with van der Waals surface area (Å²) in [7, 11) is 3.60. The minimum atomic E-state index is -0.334. The molecule has 0 bridgehead atoms. The Labute approximate surface area is 197 Å². The van der Waals surface area contributed by atoms with Gasteiger partial charge in [0.05, 0.1) is 24.2 Å². The highest BCUT2D eigenvalue weighted by Crippen LogP contribution is 2.29. The summed E-state index contributed by atoms with van der Waals surface area (Å²) in [5, 5.41) is 4.71. The number of carbonyl (C=O) groups is 1. The van der Waals surface area contributed by atoms with Crippen molar-refractivity contribution < 1.29 is 13.9 Å². The zero-order valence-electron chi connectivity index (χ0n) is 19.2. The Morgan fingerprint density at radius 3 is 2.38 bits per heavy atom. The smallest absolute Gasteiger partial charge is 0.272 e. The van der Waals surface area contributed by atoms with E-state index in [-0.39, 0.29) is 11.7 Å². The van der Waals surface area contributed by atoms with Crippen molar-refractivity contribution in [3.8, 4) is 22.8 Å². The molecule has 5 rings (SSSR count). The molecule has 174 valence electrons. The summed E-state index contributed by atoms with van der Waals surface area (Å²) in [4.78, 5) is 17.7. The van der Waals surface area contributed by atoms with E-state index >= 15 is 0 Å². The van der Waals surface area contributed by atoms with Crippen molar-refractivity contribution in [3.63, 3.8) is 0 Å². The highest BCUT2D eigenvalue weighted by Gasteiger charge is 2.27. The highest BCUT2D eigenvalue weighted by molar-refractivity contribution is 5.94. The first-order chi connectivity index (χ1) is 16.5. The predicted octanol–water partition coefficient (Wildman–Crippen LogP) is 3.99. The Kier molecular flexibility index (Phi) is 5.79. The quantitative estimate of drug-likeness (QED) is 0.453. The Morgan fingerprint density at radius 1 is 0.971 bits per heavy atom. The van der Waals surface area contributed by atoms with Crippen molar-refractivity contribution >= 4 is 11.6 Å². The number of piperazine rings is 1. The highest BCUT2D eigenvalue weighted by atomic mass is 19.1. The zero-order valence-corrected chi connectivity index (χ0v) is 19.2. The molecule has 34 heavy (non-hydrogen) atoms. The van der Waals surface area contributed by atoms with Gasteiger partial charge in [0.2, 0.25) is 0 Å². The topological polar surface area (TPSA) is 55.5 Å². The van der Waals surface area contributed by atoms with E-state index in [2.05, 4.69) is 4.90 Å². The molecule has 0 N–H and O–H groups in total. The standard InChI is InChI=1S/C26H26FN5O2/c1-29-13-5-7-22(29)21-18-24(32(28-21)20-11-9-19(27)10-12-20)26(33)31-16-14-30(15-17-31)23-6-3-4-8-25(23)34-2/h3-13,18H,14-17H2,1-2H3. The summed E-state index contributed by atoms with van der Waals surface area (Å²) in [5.74, 6) is 0.389. The van der Waals surface area contributed by atoms with Gasteiger partial charge in [-0.05, 0) is 54.6 Å². The molecule has 1 aliphatic rings. The molecule has 0 unspecified atom stereocenters. The lowest BCUT2D eigenvalue weighted by atomic mass is 10.2. The Bertz CT molecular complexity index is 1300. The van der Waals surface area contributed by atoms with Crippen LogP contribution in [0.4, 0.5) is 10.1 Å². The SMILES string of the molecule is COc1ccccc1N1CCN(C(=O)c2cc(-c3cccn3C)nn2-c2ccc(F)cc2)CC1. The number of halogens is 1. The van der Waals surface area contributed by atoms with E-state index in [0.29, 0.717) is 43.3 Å². The van der Waals surface area contributed by atoms with Crippen LogP contribution in [0, 0.1) is 5.82 Å². The second-order valence-corrected chi connectivity index (χ2v) is 8.26. The van der Waals surface area contributed by atoms with E-state index < -0.39 is 0 Å². The molecule has 0 saturated carbocycles. The van der Waals surface area contributed by atoms with Crippen LogP contribution in [0.3, 0.4) is 0 Å². The molecule has 8 heteroatoms. The molecule has 7 nitrogen and oxygen atoms in total. The minimum Gasteiger partial charge on any atom is -0.495 e. The van der Waals surface area contributed by atoms with E-state index in [1.54, 1.807) is 23.9 Å². The van der Waals surface area contributed by atoms with Gasteiger partial charge in [0, 0.05) is 39.4 Å². The van der Waals surface area contributed by atoms with Crippen molar-refractivity contribution in [2.45, 2.75) is 0 Å². The van der Waals surface area contributed by atoms with Crippen molar-refractivity contribution in [1.29, 1.82) is 0 Å². The number of para-hydroxylation sites is 2. The maximum absolute atomic E-state index is 13.6. The molecule has 1 saturated heterocycles. The summed E-state index contributed by atoms with van der Waals surface area (Å²) in [5.41, 5.74) is 3.70. The summed E-state index contributed by atoms with van der Waals surface area (Å²) >= 11 is 0. The number of rotatable bonds is 5. The molecule has 0 spiro atoms. The van der Waals surface area contributed by atoms with Crippen LogP contribution in [0.1, 0.15) is 10.5 Å². The molecule has 1 amide bonds. The van der Waals surface area contributed by atoms with Gasteiger partial charge >= 0.3 is 0 Å². The Hall–Kier alpha value is -4.07. The molecule has 0 aliphatic carbocycles. The van der Waals surface area contributed by atoms with Crippen LogP contribution in [0.25, 0.3) is 17.1 Å². The van der Waals surface area contributed by atoms with Crippen LogP contribution in [0.5, 0.6) is 5.75 Å². The normalized spacial score (nSPS) is 13.9. The number of ether oxygens (including phenoxy) is 1. The number of carbonyl (C=O) groups excluding carboxylic acids is 1. The number of benzene rings is 2. The van der Waals surface area contributed by atoms with E-state index in [4.69, 9.17) is 9.84 Å².